The van der Waals surface area contributed by atoms with Gasteiger partial charge in [0.2, 0.25) is 11.4 Å². The van der Waals surface area contributed by atoms with Gasteiger partial charge in [-0.1, -0.05) is 0 Å². The number of methoxy groups -OCH3 is 1. The quantitative estimate of drug-likeness (QED) is 0.746. The van der Waals surface area contributed by atoms with E-state index in [0.717, 1.165) is 5.69 Å². The highest BCUT2D eigenvalue weighted by Crippen LogP contribution is 2.12. The van der Waals surface area contributed by atoms with Gasteiger partial charge in [-0.2, -0.15) is 0 Å². The largest absolute Gasteiger partial charge is 0.481 e. The molecule has 0 bridgehead atoms. The zero-order valence-electron chi connectivity index (χ0n) is 8.23. The minimum atomic E-state index is -0.123. The summed E-state index contributed by atoms with van der Waals surface area (Å²) in [6.07, 6.45) is 7.11. The zero-order chi connectivity index (χ0) is 10.7. The number of aromatic nitrogens is 1. The Balaban J connectivity index is 2.20. The summed E-state index contributed by atoms with van der Waals surface area (Å²) < 4.78 is 5.05. The van der Waals surface area contributed by atoms with Crippen molar-refractivity contribution in [2.75, 3.05) is 12.1 Å². The number of nitrogens with zero attached hydrogens (tertiary/aromatic N) is 1. The van der Waals surface area contributed by atoms with Crippen molar-refractivity contribution < 1.29 is 4.74 Å². The number of H-pyrrole nitrogens is 1. The summed E-state index contributed by atoms with van der Waals surface area (Å²) in [6, 6.07) is 3.18. The monoisotopic (exact) mass is 205 g/mol. The number of aromatic amines is 1. The Morgan fingerprint density at radius 3 is 2.93 bits per heavy atom. The molecule has 5 nitrogen and oxygen atoms in total. The molecule has 0 amide bonds. The number of ether oxygens (including phenoxy) is 1. The zero-order valence-corrected chi connectivity index (χ0v) is 8.23. The van der Waals surface area contributed by atoms with Crippen LogP contribution in [0.4, 0.5) is 5.69 Å². The molecule has 0 saturated heterocycles. The van der Waals surface area contributed by atoms with Crippen LogP contribution in [0.2, 0.25) is 0 Å². The van der Waals surface area contributed by atoms with Gasteiger partial charge >= 0.3 is 0 Å². The number of hydrazine groups is 1. The van der Waals surface area contributed by atoms with E-state index < -0.39 is 0 Å². The molecular weight excluding hydrogens is 194 g/mol. The van der Waals surface area contributed by atoms with Crippen LogP contribution < -0.4 is 16.0 Å². The molecule has 0 saturated carbocycles. The van der Waals surface area contributed by atoms with E-state index >= 15 is 0 Å². The van der Waals surface area contributed by atoms with E-state index in [9.17, 15) is 4.79 Å². The van der Waals surface area contributed by atoms with Crippen molar-refractivity contribution in [3.63, 3.8) is 0 Å². The van der Waals surface area contributed by atoms with Crippen LogP contribution in [0.25, 0.3) is 0 Å². The second-order valence-corrected chi connectivity index (χ2v) is 2.97. The van der Waals surface area contributed by atoms with Crippen LogP contribution in [0.15, 0.2) is 47.4 Å². The van der Waals surface area contributed by atoms with E-state index in [1.807, 2.05) is 18.4 Å². The molecule has 2 rings (SSSR count). The summed E-state index contributed by atoms with van der Waals surface area (Å²) in [7, 11) is 1.59. The second kappa shape index (κ2) is 3.91. The Morgan fingerprint density at radius 2 is 2.27 bits per heavy atom. The minimum Gasteiger partial charge on any atom is -0.481 e. The van der Waals surface area contributed by atoms with Gasteiger partial charge in [-0.15, -0.1) is 0 Å². The average Bonchev–Trinajstić information content (AvgIpc) is 2.30. The van der Waals surface area contributed by atoms with Crippen LogP contribution in [-0.2, 0) is 4.74 Å². The van der Waals surface area contributed by atoms with Crippen LogP contribution in [-0.4, -0.2) is 12.1 Å². The summed E-state index contributed by atoms with van der Waals surface area (Å²) in [5, 5.41) is 1.74. The number of rotatable bonds is 2. The maximum absolute atomic E-state index is 10.9. The third kappa shape index (κ3) is 2.01. The molecule has 0 radical (unpaired) electrons. The van der Waals surface area contributed by atoms with Crippen molar-refractivity contribution >= 4 is 5.69 Å². The first-order valence-corrected chi connectivity index (χ1v) is 4.47. The predicted octanol–water partition coefficient (Wildman–Crippen LogP) is 0.701. The van der Waals surface area contributed by atoms with Crippen LogP contribution >= 0.6 is 0 Å². The summed E-state index contributed by atoms with van der Waals surface area (Å²) in [6.45, 7) is 0. The molecule has 2 heterocycles. The smallest absolute Gasteiger partial charge is 0.248 e. The normalized spacial score (nSPS) is 14.5. The predicted molar refractivity (Wildman–Crippen MR) is 56.9 cm³/mol. The maximum Gasteiger partial charge on any atom is 0.248 e. The topological polar surface area (TPSA) is 57.4 Å². The molecule has 0 aliphatic carbocycles. The van der Waals surface area contributed by atoms with Crippen molar-refractivity contribution in [1.82, 2.24) is 10.4 Å². The van der Waals surface area contributed by atoms with Gasteiger partial charge in [0.15, 0.2) is 0 Å². The maximum atomic E-state index is 10.9. The number of hydrogen-bond donors (Lipinski definition) is 2. The molecule has 0 atom stereocenters. The van der Waals surface area contributed by atoms with Crippen molar-refractivity contribution in [1.29, 1.82) is 0 Å². The first-order chi connectivity index (χ1) is 7.29. The lowest BCUT2D eigenvalue weighted by atomic mass is 10.4. The van der Waals surface area contributed by atoms with Gasteiger partial charge in [0.25, 0.3) is 0 Å². The SMILES string of the molecule is COC1=CC=CN(c2ccc(=O)[nH]c2)N1. The fraction of sp³-hybridized carbons (Fsp3) is 0.100. The molecule has 2 N–H and O–H groups in total. The van der Waals surface area contributed by atoms with Gasteiger partial charge in [-0.05, 0) is 12.1 Å². The molecule has 0 spiro atoms. The number of anilines is 1. The summed E-state index contributed by atoms with van der Waals surface area (Å²) in [5.74, 6) is 0.642. The average molecular weight is 205 g/mol. The van der Waals surface area contributed by atoms with E-state index in [0.29, 0.717) is 5.88 Å². The van der Waals surface area contributed by atoms with E-state index in [2.05, 4.69) is 10.4 Å². The Hall–Kier alpha value is -2.17. The first-order valence-electron chi connectivity index (χ1n) is 4.47. The highest BCUT2D eigenvalue weighted by Gasteiger charge is 2.07. The number of pyridine rings is 1. The van der Waals surface area contributed by atoms with Crippen molar-refractivity contribution in [3.05, 3.63) is 52.9 Å². The molecule has 1 aliphatic rings. The molecule has 15 heavy (non-hydrogen) atoms. The Bertz CT molecular complexity index is 441. The lowest BCUT2D eigenvalue weighted by Gasteiger charge is -2.25. The minimum absolute atomic E-state index is 0.123. The van der Waals surface area contributed by atoms with E-state index in [1.54, 1.807) is 24.4 Å². The lowest BCUT2D eigenvalue weighted by molar-refractivity contribution is 0.260. The van der Waals surface area contributed by atoms with E-state index in [-0.39, 0.29) is 5.56 Å². The van der Waals surface area contributed by atoms with E-state index in [4.69, 9.17) is 4.74 Å². The Labute approximate surface area is 86.6 Å². The van der Waals surface area contributed by atoms with Gasteiger partial charge in [-0.25, -0.2) is 0 Å². The van der Waals surface area contributed by atoms with Crippen LogP contribution in [0, 0.1) is 0 Å². The second-order valence-electron chi connectivity index (χ2n) is 2.97. The van der Waals surface area contributed by atoms with Crippen LogP contribution in [0.5, 0.6) is 0 Å². The molecule has 0 aromatic carbocycles. The van der Waals surface area contributed by atoms with E-state index in [1.165, 1.54) is 6.07 Å². The van der Waals surface area contributed by atoms with Crippen molar-refractivity contribution in [2.45, 2.75) is 0 Å². The van der Waals surface area contributed by atoms with Gasteiger partial charge < -0.3 is 9.72 Å². The summed E-state index contributed by atoms with van der Waals surface area (Å²) in [5.41, 5.74) is 3.71. The third-order valence-corrected chi connectivity index (χ3v) is 1.98. The summed E-state index contributed by atoms with van der Waals surface area (Å²) >= 11 is 0. The fourth-order valence-electron chi connectivity index (χ4n) is 1.23. The number of hydrogen-bond acceptors (Lipinski definition) is 4. The molecule has 0 unspecified atom stereocenters. The molecule has 1 aromatic heterocycles. The first kappa shape index (κ1) is 9.39. The third-order valence-electron chi connectivity index (χ3n) is 1.98. The highest BCUT2D eigenvalue weighted by atomic mass is 16.5. The molecule has 1 aliphatic heterocycles. The highest BCUT2D eigenvalue weighted by molar-refractivity contribution is 5.47. The molecular formula is C10H11N3O2. The van der Waals surface area contributed by atoms with Crippen LogP contribution in [0.3, 0.4) is 0 Å². The number of nitrogens with one attached hydrogen (secondary N) is 2. The van der Waals surface area contributed by atoms with Crippen molar-refractivity contribution in [2.24, 2.45) is 0 Å². The Morgan fingerprint density at radius 1 is 1.40 bits per heavy atom. The number of allylic oxidation sites excluding steroid dienone is 2. The Kier molecular flexibility index (Phi) is 2.45. The molecule has 78 valence electrons. The van der Waals surface area contributed by atoms with Gasteiger partial charge in [0, 0.05) is 24.5 Å². The standard InChI is InChI=1S/C10H11N3O2/c1-15-10-3-2-6-13(12-10)8-4-5-9(14)11-7-8/h2-7,12H,1H3,(H,11,14). The van der Waals surface area contributed by atoms with Gasteiger partial charge in [-0.3, -0.25) is 15.2 Å². The van der Waals surface area contributed by atoms with Crippen LogP contribution in [0.1, 0.15) is 0 Å². The van der Waals surface area contributed by atoms with Gasteiger partial charge in [0.05, 0.1) is 12.8 Å². The molecule has 0 fully saturated rings. The fourth-order valence-corrected chi connectivity index (χ4v) is 1.23. The summed E-state index contributed by atoms with van der Waals surface area (Å²) in [4.78, 5) is 13.5. The van der Waals surface area contributed by atoms with Gasteiger partial charge in [0.1, 0.15) is 0 Å². The van der Waals surface area contributed by atoms with Crippen molar-refractivity contribution in [3.8, 4) is 0 Å². The molecule has 1 aromatic rings. The lowest BCUT2D eigenvalue weighted by Crippen LogP contribution is -2.35. The molecule has 5 heteroatoms.